The molecule has 6 nitrogen and oxygen atoms in total. The van der Waals surface area contributed by atoms with E-state index in [1.54, 1.807) is 0 Å². The lowest BCUT2D eigenvalue weighted by Gasteiger charge is -2.15. The molecule has 0 aliphatic heterocycles. The Morgan fingerprint density at radius 1 is 0.591 bits per heavy atom. The van der Waals surface area contributed by atoms with Crippen LogP contribution < -0.4 is 5.32 Å². The number of carbonyl (C=O) groups is 3. The number of hydrogen-bond acceptors (Lipinski definition) is 4. The topological polar surface area (TPSA) is 92.7 Å². The molecule has 0 spiro atoms. The summed E-state index contributed by atoms with van der Waals surface area (Å²) in [6, 6.07) is 0. The van der Waals surface area contributed by atoms with Crippen LogP contribution >= 0.6 is 0 Å². The van der Waals surface area contributed by atoms with Crippen molar-refractivity contribution in [2.75, 3.05) is 6.54 Å². The SMILES string of the molecule is CCCCCCCCC/C=C\C(CCCCCCCCC(=O)NCC(=O)O)OC(=O)CCCCCCCCCCCCCC. The minimum Gasteiger partial charge on any atom is -0.480 e. The molecule has 0 radical (unpaired) electrons. The third-order valence-corrected chi connectivity index (χ3v) is 8.42. The van der Waals surface area contributed by atoms with E-state index in [0.29, 0.717) is 12.8 Å². The molecule has 0 aliphatic rings. The van der Waals surface area contributed by atoms with Gasteiger partial charge in [0.05, 0.1) is 0 Å². The molecular formula is C38H71NO5. The maximum atomic E-state index is 12.6. The fraction of sp³-hybridized carbons (Fsp3) is 0.868. The van der Waals surface area contributed by atoms with Crippen molar-refractivity contribution in [3.8, 4) is 0 Å². The molecule has 6 heteroatoms. The molecule has 0 aliphatic carbocycles. The van der Waals surface area contributed by atoms with E-state index >= 15 is 0 Å². The first-order valence-corrected chi connectivity index (χ1v) is 18.8. The van der Waals surface area contributed by atoms with Gasteiger partial charge in [-0.25, -0.2) is 0 Å². The van der Waals surface area contributed by atoms with Crippen molar-refractivity contribution in [2.45, 2.75) is 206 Å². The fourth-order valence-corrected chi connectivity index (χ4v) is 5.60. The van der Waals surface area contributed by atoms with Gasteiger partial charge in [-0.15, -0.1) is 0 Å². The summed E-state index contributed by atoms with van der Waals surface area (Å²) < 4.78 is 5.92. The number of aliphatic carboxylic acids is 1. The second-order valence-electron chi connectivity index (χ2n) is 12.8. The number of hydrogen-bond donors (Lipinski definition) is 2. The van der Waals surface area contributed by atoms with E-state index in [1.807, 2.05) is 0 Å². The summed E-state index contributed by atoms with van der Waals surface area (Å²) in [5.74, 6) is -1.26. The zero-order chi connectivity index (χ0) is 32.4. The molecule has 0 saturated heterocycles. The number of ether oxygens (including phenoxy) is 1. The Morgan fingerprint density at radius 3 is 1.52 bits per heavy atom. The molecule has 1 amide bonds. The first-order valence-electron chi connectivity index (χ1n) is 18.8. The Bertz CT molecular complexity index is 693. The number of rotatable bonds is 34. The number of unbranched alkanes of at least 4 members (excludes halogenated alkanes) is 23. The zero-order valence-electron chi connectivity index (χ0n) is 29.0. The van der Waals surface area contributed by atoms with Gasteiger partial charge in [-0.1, -0.05) is 155 Å². The van der Waals surface area contributed by atoms with Gasteiger partial charge in [0.1, 0.15) is 12.6 Å². The molecule has 1 atom stereocenters. The highest BCUT2D eigenvalue weighted by Gasteiger charge is 2.11. The number of carboxylic acid groups (broad SMARTS) is 1. The number of carbonyl (C=O) groups excluding carboxylic acids is 2. The lowest BCUT2D eigenvalue weighted by Crippen LogP contribution is -2.28. The van der Waals surface area contributed by atoms with E-state index < -0.39 is 5.97 Å². The van der Waals surface area contributed by atoms with Crippen molar-refractivity contribution < 1.29 is 24.2 Å². The lowest BCUT2D eigenvalue weighted by atomic mass is 10.0. The highest BCUT2D eigenvalue weighted by molar-refractivity contribution is 5.80. The Hall–Kier alpha value is -1.85. The van der Waals surface area contributed by atoms with E-state index in [9.17, 15) is 14.4 Å². The second kappa shape index (κ2) is 34.0. The molecule has 2 N–H and O–H groups in total. The lowest BCUT2D eigenvalue weighted by molar-refractivity contribution is -0.147. The average molecular weight is 622 g/mol. The number of nitrogens with one attached hydrogen (secondary N) is 1. The Balaban J connectivity index is 4.17. The van der Waals surface area contributed by atoms with Gasteiger partial charge in [-0.05, 0) is 44.6 Å². The molecule has 0 rings (SSSR count). The standard InChI is InChI=1S/C38H71NO5/c1-3-5-7-9-11-13-14-15-17-19-25-29-33-38(43)44-35(30-26-22-18-16-12-10-8-6-4-2)31-27-23-20-21-24-28-32-36(40)39-34-37(41)42/h26,30,35H,3-25,27-29,31-34H2,1-2H3,(H,39,40)(H,41,42)/b30-26-. The third-order valence-electron chi connectivity index (χ3n) is 8.42. The maximum absolute atomic E-state index is 12.6. The summed E-state index contributed by atoms with van der Waals surface area (Å²) in [5.41, 5.74) is 0. The molecule has 1 unspecified atom stereocenters. The van der Waals surface area contributed by atoms with Gasteiger partial charge < -0.3 is 15.2 Å². The van der Waals surface area contributed by atoms with Crippen LogP contribution in [0.5, 0.6) is 0 Å². The van der Waals surface area contributed by atoms with Crippen LogP contribution in [0.2, 0.25) is 0 Å². The van der Waals surface area contributed by atoms with Gasteiger partial charge in [0, 0.05) is 12.8 Å². The van der Waals surface area contributed by atoms with Crippen LogP contribution in [0.3, 0.4) is 0 Å². The molecule has 258 valence electrons. The Labute approximate surface area is 271 Å². The van der Waals surface area contributed by atoms with Crippen LogP contribution in [0.15, 0.2) is 12.2 Å². The average Bonchev–Trinajstić information content (AvgIpc) is 3.00. The summed E-state index contributed by atoms with van der Waals surface area (Å²) in [6.45, 7) is 4.21. The first-order chi connectivity index (χ1) is 21.5. The van der Waals surface area contributed by atoms with Gasteiger partial charge >= 0.3 is 11.9 Å². The highest BCUT2D eigenvalue weighted by Crippen LogP contribution is 2.16. The summed E-state index contributed by atoms with van der Waals surface area (Å²) in [5, 5.41) is 11.0. The summed E-state index contributed by atoms with van der Waals surface area (Å²) in [4.78, 5) is 34.7. The monoisotopic (exact) mass is 622 g/mol. The van der Waals surface area contributed by atoms with Crippen molar-refractivity contribution in [2.24, 2.45) is 0 Å². The van der Waals surface area contributed by atoms with Crippen LogP contribution in [0.1, 0.15) is 200 Å². The van der Waals surface area contributed by atoms with E-state index in [4.69, 9.17) is 9.84 Å². The van der Waals surface area contributed by atoms with Crippen LogP contribution in [0.25, 0.3) is 0 Å². The normalized spacial score (nSPS) is 12.0. The van der Waals surface area contributed by atoms with Gasteiger partial charge in [0.15, 0.2) is 0 Å². The molecule has 44 heavy (non-hydrogen) atoms. The molecular weight excluding hydrogens is 550 g/mol. The third kappa shape index (κ3) is 33.1. The van der Waals surface area contributed by atoms with E-state index in [-0.39, 0.29) is 24.5 Å². The number of carboxylic acids is 1. The smallest absolute Gasteiger partial charge is 0.322 e. The second-order valence-corrected chi connectivity index (χ2v) is 12.8. The summed E-state index contributed by atoms with van der Waals surface area (Å²) >= 11 is 0. The summed E-state index contributed by atoms with van der Waals surface area (Å²) in [7, 11) is 0. The van der Waals surface area contributed by atoms with Gasteiger partial charge in [0.2, 0.25) is 5.91 Å². The van der Waals surface area contributed by atoms with Gasteiger partial charge in [0.25, 0.3) is 0 Å². The van der Waals surface area contributed by atoms with Gasteiger partial charge in [-0.2, -0.15) is 0 Å². The van der Waals surface area contributed by atoms with Crippen LogP contribution in [0, 0.1) is 0 Å². The molecule has 0 heterocycles. The first kappa shape index (κ1) is 42.1. The number of allylic oxidation sites excluding steroid dienone is 1. The zero-order valence-corrected chi connectivity index (χ0v) is 29.0. The van der Waals surface area contributed by atoms with Crippen molar-refractivity contribution >= 4 is 17.8 Å². The largest absolute Gasteiger partial charge is 0.480 e. The van der Waals surface area contributed by atoms with Crippen molar-refractivity contribution in [3.05, 3.63) is 12.2 Å². The molecule has 0 aromatic carbocycles. The van der Waals surface area contributed by atoms with E-state index in [2.05, 4.69) is 31.3 Å². The van der Waals surface area contributed by atoms with E-state index in [1.165, 1.54) is 109 Å². The Kier molecular flexibility index (Phi) is 32.6. The minimum atomic E-state index is -1.01. The van der Waals surface area contributed by atoms with Crippen molar-refractivity contribution in [1.29, 1.82) is 0 Å². The number of esters is 1. The fourth-order valence-electron chi connectivity index (χ4n) is 5.60. The highest BCUT2D eigenvalue weighted by atomic mass is 16.5. The van der Waals surface area contributed by atoms with Gasteiger partial charge in [-0.3, -0.25) is 14.4 Å². The van der Waals surface area contributed by atoms with Crippen LogP contribution in [0.4, 0.5) is 0 Å². The predicted octanol–water partition coefficient (Wildman–Crippen LogP) is 11.0. The molecule has 0 bridgehead atoms. The Morgan fingerprint density at radius 2 is 1.02 bits per heavy atom. The number of amides is 1. The van der Waals surface area contributed by atoms with Crippen molar-refractivity contribution in [1.82, 2.24) is 5.32 Å². The maximum Gasteiger partial charge on any atom is 0.322 e. The quantitative estimate of drug-likeness (QED) is 0.0423. The predicted molar refractivity (Wildman–Crippen MR) is 185 cm³/mol. The molecule has 0 aromatic heterocycles. The van der Waals surface area contributed by atoms with E-state index in [0.717, 1.165) is 64.2 Å². The van der Waals surface area contributed by atoms with Crippen LogP contribution in [-0.2, 0) is 19.1 Å². The molecule has 0 saturated carbocycles. The molecule has 0 aromatic rings. The summed E-state index contributed by atoms with van der Waals surface area (Å²) in [6.07, 6.45) is 37.7. The van der Waals surface area contributed by atoms with Crippen molar-refractivity contribution in [3.63, 3.8) is 0 Å². The minimum absolute atomic E-state index is 0.0520. The van der Waals surface area contributed by atoms with Crippen LogP contribution in [-0.4, -0.2) is 35.6 Å². The molecule has 0 fully saturated rings.